The van der Waals surface area contributed by atoms with E-state index in [1.54, 1.807) is 0 Å². The standard InChI is InChI=1S/C10H16O2/c11-6-8-5-7-3-1-2-4-9(7)10(8)12/h7-9,11H,1-6H2. The van der Waals surface area contributed by atoms with Crippen LogP contribution in [0.3, 0.4) is 0 Å². The van der Waals surface area contributed by atoms with Crippen LogP contribution >= 0.6 is 0 Å². The van der Waals surface area contributed by atoms with Gasteiger partial charge in [0.15, 0.2) is 0 Å². The highest BCUT2D eigenvalue weighted by atomic mass is 16.3. The van der Waals surface area contributed by atoms with Gasteiger partial charge >= 0.3 is 0 Å². The van der Waals surface area contributed by atoms with E-state index in [1.807, 2.05) is 0 Å². The molecule has 12 heavy (non-hydrogen) atoms. The minimum Gasteiger partial charge on any atom is -0.396 e. The molecular formula is C10H16O2. The zero-order valence-corrected chi connectivity index (χ0v) is 7.33. The second-order valence-corrected chi connectivity index (χ2v) is 4.17. The normalized spacial score (nSPS) is 41.4. The molecule has 0 saturated heterocycles. The van der Waals surface area contributed by atoms with E-state index in [9.17, 15) is 4.79 Å². The number of hydrogen-bond acceptors (Lipinski definition) is 2. The zero-order valence-electron chi connectivity index (χ0n) is 7.33. The molecule has 0 spiro atoms. The molecule has 0 aliphatic heterocycles. The van der Waals surface area contributed by atoms with Crippen LogP contribution in [0.2, 0.25) is 0 Å². The van der Waals surface area contributed by atoms with E-state index >= 15 is 0 Å². The minimum absolute atomic E-state index is 0.0156. The van der Waals surface area contributed by atoms with E-state index in [2.05, 4.69) is 0 Å². The maximum atomic E-state index is 11.6. The van der Waals surface area contributed by atoms with Gasteiger partial charge in [0.25, 0.3) is 0 Å². The Morgan fingerprint density at radius 3 is 2.75 bits per heavy atom. The number of ketones is 1. The average Bonchev–Trinajstić information content (AvgIpc) is 2.44. The van der Waals surface area contributed by atoms with Crippen molar-refractivity contribution in [2.24, 2.45) is 17.8 Å². The van der Waals surface area contributed by atoms with Gasteiger partial charge in [-0.1, -0.05) is 12.8 Å². The Kier molecular flexibility index (Phi) is 2.18. The van der Waals surface area contributed by atoms with Gasteiger partial charge in [0.1, 0.15) is 5.78 Å². The minimum atomic E-state index is -0.0156. The van der Waals surface area contributed by atoms with Gasteiger partial charge in [-0.2, -0.15) is 0 Å². The van der Waals surface area contributed by atoms with Crippen LogP contribution in [-0.2, 0) is 4.79 Å². The summed E-state index contributed by atoms with van der Waals surface area (Å²) in [5, 5.41) is 8.96. The lowest BCUT2D eigenvalue weighted by Crippen LogP contribution is -2.21. The molecule has 2 aliphatic carbocycles. The Balaban J connectivity index is 2.08. The average molecular weight is 168 g/mol. The highest BCUT2D eigenvalue weighted by Crippen LogP contribution is 2.42. The van der Waals surface area contributed by atoms with Crippen LogP contribution in [0.5, 0.6) is 0 Å². The lowest BCUT2D eigenvalue weighted by atomic mass is 9.81. The quantitative estimate of drug-likeness (QED) is 0.642. The predicted molar refractivity (Wildman–Crippen MR) is 45.6 cm³/mol. The molecule has 1 N–H and O–H groups in total. The molecule has 0 aromatic carbocycles. The lowest BCUT2D eigenvalue weighted by molar-refractivity contribution is -0.125. The molecule has 0 radical (unpaired) electrons. The van der Waals surface area contributed by atoms with Crippen molar-refractivity contribution in [1.82, 2.24) is 0 Å². The fourth-order valence-corrected chi connectivity index (χ4v) is 2.81. The van der Waals surface area contributed by atoms with Crippen LogP contribution in [0.1, 0.15) is 32.1 Å². The number of rotatable bonds is 1. The number of aliphatic hydroxyl groups is 1. The van der Waals surface area contributed by atoms with Crippen molar-refractivity contribution >= 4 is 5.78 Å². The number of carbonyl (C=O) groups excluding carboxylic acids is 1. The summed E-state index contributed by atoms with van der Waals surface area (Å²) in [7, 11) is 0. The van der Waals surface area contributed by atoms with Crippen LogP contribution in [-0.4, -0.2) is 17.5 Å². The fraction of sp³-hybridized carbons (Fsp3) is 0.900. The van der Waals surface area contributed by atoms with E-state index in [0.717, 1.165) is 12.8 Å². The van der Waals surface area contributed by atoms with E-state index in [-0.39, 0.29) is 12.5 Å². The second-order valence-electron chi connectivity index (χ2n) is 4.17. The molecule has 0 aromatic heterocycles. The molecular weight excluding hydrogens is 152 g/mol. The SMILES string of the molecule is O=C1C(CO)CC2CCCCC12. The van der Waals surface area contributed by atoms with Crippen molar-refractivity contribution in [2.45, 2.75) is 32.1 Å². The van der Waals surface area contributed by atoms with Crippen molar-refractivity contribution in [3.8, 4) is 0 Å². The summed E-state index contributed by atoms with van der Waals surface area (Å²) in [6.45, 7) is 0.0752. The molecule has 2 aliphatic rings. The number of Topliss-reactive ketones (excluding diaryl/α,β-unsaturated/α-hetero) is 1. The van der Waals surface area contributed by atoms with Gasteiger partial charge in [-0.05, 0) is 25.2 Å². The molecule has 68 valence electrons. The van der Waals surface area contributed by atoms with E-state index in [1.165, 1.54) is 19.3 Å². The van der Waals surface area contributed by atoms with Crippen LogP contribution in [0, 0.1) is 17.8 Å². The zero-order chi connectivity index (χ0) is 8.55. The third-order valence-corrected chi connectivity index (χ3v) is 3.48. The molecule has 2 fully saturated rings. The van der Waals surface area contributed by atoms with Crippen LogP contribution in [0.15, 0.2) is 0 Å². The van der Waals surface area contributed by atoms with Crippen molar-refractivity contribution in [2.75, 3.05) is 6.61 Å². The topological polar surface area (TPSA) is 37.3 Å². The summed E-state index contributed by atoms with van der Waals surface area (Å²) in [4.78, 5) is 11.6. The Morgan fingerprint density at radius 1 is 1.33 bits per heavy atom. The van der Waals surface area contributed by atoms with Crippen molar-refractivity contribution in [1.29, 1.82) is 0 Å². The van der Waals surface area contributed by atoms with Gasteiger partial charge < -0.3 is 5.11 Å². The van der Waals surface area contributed by atoms with E-state index in [4.69, 9.17) is 5.11 Å². The summed E-state index contributed by atoms with van der Waals surface area (Å²) >= 11 is 0. The fourth-order valence-electron chi connectivity index (χ4n) is 2.81. The molecule has 2 heteroatoms. The van der Waals surface area contributed by atoms with Gasteiger partial charge in [0, 0.05) is 11.8 Å². The van der Waals surface area contributed by atoms with Gasteiger partial charge in [-0.15, -0.1) is 0 Å². The molecule has 0 heterocycles. The Labute approximate surface area is 73.0 Å². The van der Waals surface area contributed by atoms with E-state index in [0.29, 0.717) is 17.6 Å². The molecule has 2 rings (SSSR count). The first-order valence-corrected chi connectivity index (χ1v) is 4.97. The van der Waals surface area contributed by atoms with Gasteiger partial charge in [0.05, 0.1) is 6.61 Å². The summed E-state index contributed by atoms with van der Waals surface area (Å²) in [5.41, 5.74) is 0. The van der Waals surface area contributed by atoms with Crippen LogP contribution in [0.4, 0.5) is 0 Å². The Hall–Kier alpha value is -0.370. The Bertz CT molecular complexity index is 188. The lowest BCUT2D eigenvalue weighted by Gasteiger charge is -2.22. The maximum Gasteiger partial charge on any atom is 0.141 e. The largest absolute Gasteiger partial charge is 0.396 e. The number of fused-ring (bicyclic) bond motifs is 1. The first-order valence-electron chi connectivity index (χ1n) is 4.97. The van der Waals surface area contributed by atoms with Crippen LogP contribution < -0.4 is 0 Å². The van der Waals surface area contributed by atoms with E-state index < -0.39 is 0 Å². The molecule has 2 saturated carbocycles. The van der Waals surface area contributed by atoms with Gasteiger partial charge in [0.2, 0.25) is 0 Å². The smallest absolute Gasteiger partial charge is 0.141 e. The summed E-state index contributed by atoms with van der Waals surface area (Å²) in [6, 6.07) is 0. The summed E-state index contributed by atoms with van der Waals surface area (Å²) in [5.74, 6) is 1.26. The van der Waals surface area contributed by atoms with Crippen molar-refractivity contribution < 1.29 is 9.90 Å². The first-order chi connectivity index (χ1) is 5.83. The van der Waals surface area contributed by atoms with Crippen molar-refractivity contribution in [3.63, 3.8) is 0 Å². The summed E-state index contributed by atoms with van der Waals surface area (Å²) < 4.78 is 0. The second kappa shape index (κ2) is 3.17. The van der Waals surface area contributed by atoms with Gasteiger partial charge in [-0.25, -0.2) is 0 Å². The highest BCUT2D eigenvalue weighted by Gasteiger charge is 2.42. The monoisotopic (exact) mass is 168 g/mol. The van der Waals surface area contributed by atoms with Crippen molar-refractivity contribution in [3.05, 3.63) is 0 Å². The molecule has 3 unspecified atom stereocenters. The first kappa shape index (κ1) is 8.24. The third kappa shape index (κ3) is 1.18. The highest BCUT2D eigenvalue weighted by molar-refractivity contribution is 5.86. The predicted octanol–water partition coefficient (Wildman–Crippen LogP) is 1.37. The van der Waals surface area contributed by atoms with Crippen LogP contribution in [0.25, 0.3) is 0 Å². The number of aliphatic hydroxyl groups excluding tert-OH is 1. The number of hydrogen-bond donors (Lipinski definition) is 1. The molecule has 2 nitrogen and oxygen atoms in total. The molecule has 0 amide bonds. The Morgan fingerprint density at radius 2 is 2.08 bits per heavy atom. The van der Waals surface area contributed by atoms with Gasteiger partial charge in [-0.3, -0.25) is 4.79 Å². The molecule has 0 aromatic rings. The summed E-state index contributed by atoms with van der Waals surface area (Å²) in [6.07, 6.45) is 5.75. The third-order valence-electron chi connectivity index (χ3n) is 3.48. The molecule has 0 bridgehead atoms. The maximum absolute atomic E-state index is 11.6. The molecule has 3 atom stereocenters. The number of carbonyl (C=O) groups is 1.